The third-order valence-electron chi connectivity index (χ3n) is 4.33. The molecule has 1 saturated heterocycles. The van der Waals surface area contributed by atoms with Gasteiger partial charge in [0.2, 0.25) is 0 Å². The summed E-state index contributed by atoms with van der Waals surface area (Å²) in [5, 5.41) is 0. The minimum absolute atomic E-state index is 0.246. The largest absolute Gasteiger partial charge is 0.383 e. The Labute approximate surface area is 136 Å². The lowest BCUT2D eigenvalue weighted by Gasteiger charge is -2.32. The number of aromatic nitrogens is 2. The monoisotopic (exact) mass is 315 g/mol. The number of hydrogen-bond donors (Lipinski definition) is 0. The lowest BCUT2D eigenvalue weighted by molar-refractivity contribution is 0.127. The van der Waals surface area contributed by atoms with Gasteiger partial charge in [0.25, 0.3) is 0 Å². The molecule has 122 valence electrons. The third kappa shape index (κ3) is 3.92. The molecule has 1 aromatic carbocycles. The van der Waals surface area contributed by atoms with Crippen molar-refractivity contribution >= 4 is 0 Å². The molecule has 0 spiro atoms. The molecule has 0 unspecified atom stereocenters. The molecule has 1 aliphatic rings. The zero-order chi connectivity index (χ0) is 16.1. The van der Waals surface area contributed by atoms with Crippen LogP contribution in [0.1, 0.15) is 24.5 Å². The van der Waals surface area contributed by atoms with Crippen molar-refractivity contribution in [1.29, 1.82) is 0 Å². The smallest absolute Gasteiger partial charge is 0.123 e. The first-order valence-corrected chi connectivity index (χ1v) is 8.06. The van der Waals surface area contributed by atoms with Gasteiger partial charge in [-0.15, -0.1) is 0 Å². The molecule has 23 heavy (non-hydrogen) atoms. The van der Waals surface area contributed by atoms with Crippen molar-refractivity contribution in [3.63, 3.8) is 0 Å². The Morgan fingerprint density at radius 3 is 3.00 bits per heavy atom. The number of ether oxygens (including phenoxy) is 1. The molecule has 2 heterocycles. The summed E-state index contributed by atoms with van der Waals surface area (Å²) in [5.41, 5.74) is 2.56. The molecule has 0 radical (unpaired) electrons. The maximum absolute atomic E-state index is 13.6. The summed E-state index contributed by atoms with van der Waals surface area (Å²) in [7, 11) is 1.73. The summed E-state index contributed by atoms with van der Waals surface area (Å²) < 4.78 is 18.7. The van der Waals surface area contributed by atoms with Gasteiger partial charge >= 0.3 is 0 Å². The minimum Gasteiger partial charge on any atom is -0.383 e. The Balaban J connectivity index is 1.85. The maximum atomic E-state index is 13.6. The van der Waals surface area contributed by atoms with E-state index in [0.717, 1.165) is 56.0 Å². The van der Waals surface area contributed by atoms with Gasteiger partial charge in [-0.3, -0.25) is 9.97 Å². The molecule has 5 heteroatoms. The zero-order valence-corrected chi connectivity index (χ0v) is 13.4. The highest BCUT2D eigenvalue weighted by atomic mass is 19.1. The summed E-state index contributed by atoms with van der Waals surface area (Å²) in [6.07, 6.45) is 5.62. The van der Waals surface area contributed by atoms with Crippen molar-refractivity contribution in [2.45, 2.75) is 18.8 Å². The lowest BCUT2D eigenvalue weighted by Crippen LogP contribution is -2.37. The van der Waals surface area contributed by atoms with Gasteiger partial charge in [0.05, 0.1) is 18.0 Å². The normalized spacial score (nSPS) is 19.0. The average Bonchev–Trinajstić information content (AvgIpc) is 2.60. The van der Waals surface area contributed by atoms with Crippen LogP contribution in [0.2, 0.25) is 0 Å². The van der Waals surface area contributed by atoms with E-state index in [1.807, 2.05) is 6.07 Å². The fourth-order valence-corrected chi connectivity index (χ4v) is 3.21. The lowest BCUT2D eigenvalue weighted by atomic mass is 9.91. The van der Waals surface area contributed by atoms with Gasteiger partial charge in [-0.25, -0.2) is 4.39 Å². The topological polar surface area (TPSA) is 38.2 Å². The predicted octanol–water partition coefficient (Wildman–Crippen LogP) is 3.11. The number of methoxy groups -OCH3 is 1. The molecule has 0 amide bonds. The standard InChI is InChI=1S/C18H22FN3O/c1-23-11-10-22-9-3-5-15(13-22)18-17(20-7-8-21-18)14-4-2-6-16(19)12-14/h2,4,6-8,12,15H,3,5,9-11,13H2,1H3/t15-/m0/s1. The first-order valence-electron chi connectivity index (χ1n) is 8.06. The molecule has 0 bridgehead atoms. The van der Waals surface area contributed by atoms with Crippen molar-refractivity contribution in [1.82, 2.24) is 14.9 Å². The van der Waals surface area contributed by atoms with Crippen LogP contribution < -0.4 is 0 Å². The van der Waals surface area contributed by atoms with E-state index >= 15 is 0 Å². The SMILES string of the molecule is COCCN1CCC[C@H](c2nccnc2-c2cccc(F)c2)C1. The van der Waals surface area contributed by atoms with Crippen LogP contribution in [0.15, 0.2) is 36.7 Å². The summed E-state index contributed by atoms with van der Waals surface area (Å²) in [6, 6.07) is 6.59. The highest BCUT2D eigenvalue weighted by Gasteiger charge is 2.25. The number of halogens is 1. The second-order valence-electron chi connectivity index (χ2n) is 5.93. The van der Waals surface area contributed by atoms with E-state index in [1.165, 1.54) is 12.1 Å². The van der Waals surface area contributed by atoms with Crippen molar-refractivity contribution < 1.29 is 9.13 Å². The number of likely N-dealkylation sites (tertiary alicyclic amines) is 1. The number of rotatable bonds is 5. The Morgan fingerprint density at radius 1 is 1.30 bits per heavy atom. The summed E-state index contributed by atoms with van der Waals surface area (Å²) in [5.74, 6) is 0.0806. The van der Waals surface area contributed by atoms with E-state index in [-0.39, 0.29) is 5.82 Å². The Hall–Kier alpha value is -1.85. The fourth-order valence-electron chi connectivity index (χ4n) is 3.21. The van der Waals surface area contributed by atoms with Crippen molar-refractivity contribution in [3.05, 3.63) is 48.2 Å². The Bertz CT molecular complexity index is 650. The highest BCUT2D eigenvalue weighted by molar-refractivity contribution is 5.62. The van der Waals surface area contributed by atoms with E-state index in [1.54, 1.807) is 25.6 Å². The van der Waals surface area contributed by atoms with Gasteiger partial charge in [0.15, 0.2) is 0 Å². The Morgan fingerprint density at radius 2 is 2.17 bits per heavy atom. The van der Waals surface area contributed by atoms with E-state index in [4.69, 9.17) is 4.74 Å². The first-order chi connectivity index (χ1) is 11.3. The second-order valence-corrected chi connectivity index (χ2v) is 5.93. The van der Waals surface area contributed by atoms with Gasteiger partial charge in [0, 0.05) is 44.1 Å². The van der Waals surface area contributed by atoms with Crippen molar-refractivity contribution in [3.8, 4) is 11.3 Å². The summed E-state index contributed by atoms with van der Waals surface area (Å²) in [4.78, 5) is 11.5. The maximum Gasteiger partial charge on any atom is 0.123 e. The van der Waals surface area contributed by atoms with E-state index in [9.17, 15) is 4.39 Å². The molecular weight excluding hydrogens is 293 g/mol. The van der Waals surface area contributed by atoms with Gasteiger partial charge in [-0.2, -0.15) is 0 Å². The van der Waals surface area contributed by atoms with E-state index < -0.39 is 0 Å². The predicted molar refractivity (Wildman–Crippen MR) is 87.7 cm³/mol. The highest BCUT2D eigenvalue weighted by Crippen LogP contribution is 2.31. The quantitative estimate of drug-likeness (QED) is 0.850. The molecule has 3 rings (SSSR count). The number of hydrogen-bond acceptors (Lipinski definition) is 4. The molecule has 1 fully saturated rings. The van der Waals surface area contributed by atoms with Crippen LogP contribution in [0.5, 0.6) is 0 Å². The van der Waals surface area contributed by atoms with E-state index in [0.29, 0.717) is 5.92 Å². The van der Waals surface area contributed by atoms with Crippen molar-refractivity contribution in [2.75, 3.05) is 33.4 Å². The van der Waals surface area contributed by atoms with Gasteiger partial charge in [0.1, 0.15) is 5.82 Å². The molecular formula is C18H22FN3O. The second kappa shape index (κ2) is 7.62. The Kier molecular flexibility index (Phi) is 5.31. The van der Waals surface area contributed by atoms with Gasteiger partial charge in [-0.1, -0.05) is 12.1 Å². The first kappa shape index (κ1) is 16.0. The molecule has 0 N–H and O–H groups in total. The fraction of sp³-hybridized carbons (Fsp3) is 0.444. The van der Waals surface area contributed by atoms with Gasteiger partial charge < -0.3 is 9.64 Å². The molecule has 0 aliphatic carbocycles. The van der Waals surface area contributed by atoms with Crippen molar-refractivity contribution in [2.24, 2.45) is 0 Å². The molecule has 4 nitrogen and oxygen atoms in total. The number of nitrogens with zero attached hydrogens (tertiary/aromatic N) is 3. The zero-order valence-electron chi connectivity index (χ0n) is 13.4. The molecule has 2 aromatic rings. The van der Waals surface area contributed by atoms with Crippen LogP contribution in [0.3, 0.4) is 0 Å². The third-order valence-corrected chi connectivity index (χ3v) is 4.33. The molecule has 1 aliphatic heterocycles. The molecule has 1 aromatic heterocycles. The summed E-state index contributed by atoms with van der Waals surface area (Å²) in [6.45, 7) is 3.71. The van der Waals surface area contributed by atoms with Crippen LogP contribution in [0, 0.1) is 5.82 Å². The minimum atomic E-state index is -0.246. The average molecular weight is 315 g/mol. The molecule has 1 atom stereocenters. The van der Waals surface area contributed by atoms with Crippen LogP contribution in [-0.2, 0) is 4.74 Å². The summed E-state index contributed by atoms with van der Waals surface area (Å²) >= 11 is 0. The van der Waals surface area contributed by atoms with Crippen LogP contribution >= 0.6 is 0 Å². The van der Waals surface area contributed by atoms with Crippen LogP contribution in [0.25, 0.3) is 11.3 Å². The molecule has 0 saturated carbocycles. The van der Waals surface area contributed by atoms with E-state index in [2.05, 4.69) is 14.9 Å². The number of piperidine rings is 1. The van der Waals surface area contributed by atoms with Crippen LogP contribution in [0.4, 0.5) is 4.39 Å². The number of benzene rings is 1. The van der Waals surface area contributed by atoms with Gasteiger partial charge in [-0.05, 0) is 31.5 Å². The van der Waals surface area contributed by atoms with Crippen LogP contribution in [-0.4, -0.2) is 48.2 Å².